The van der Waals surface area contributed by atoms with E-state index in [-0.39, 0.29) is 17.8 Å². The summed E-state index contributed by atoms with van der Waals surface area (Å²) in [5.74, 6) is -0.780. The van der Waals surface area contributed by atoms with E-state index in [2.05, 4.69) is 0 Å². The molecule has 0 spiro atoms. The summed E-state index contributed by atoms with van der Waals surface area (Å²) in [7, 11) is 0. The largest absolute Gasteiger partial charge is 0.478 e. The quantitative estimate of drug-likeness (QED) is 0.614. The number of amides is 1. The SMILES string of the molecule is CCOC(=O)C1CSCCN1C(=O)C(C)=C(C)C(=O)O. The van der Waals surface area contributed by atoms with Crippen molar-refractivity contribution in [1.82, 2.24) is 4.90 Å². The van der Waals surface area contributed by atoms with Crippen molar-refractivity contribution in [2.45, 2.75) is 26.8 Å². The van der Waals surface area contributed by atoms with Crippen LogP contribution in [-0.4, -0.2) is 58.6 Å². The van der Waals surface area contributed by atoms with Crippen LogP contribution in [0, 0.1) is 0 Å². The summed E-state index contributed by atoms with van der Waals surface area (Å²) >= 11 is 1.58. The van der Waals surface area contributed by atoms with Crippen LogP contribution in [0.3, 0.4) is 0 Å². The minimum absolute atomic E-state index is 0.00386. The molecule has 112 valence electrons. The summed E-state index contributed by atoms with van der Waals surface area (Å²) in [5.41, 5.74) is 0.148. The van der Waals surface area contributed by atoms with E-state index in [0.717, 1.165) is 5.75 Å². The molecule has 20 heavy (non-hydrogen) atoms. The van der Waals surface area contributed by atoms with Crippen LogP contribution in [0.25, 0.3) is 0 Å². The molecule has 1 aliphatic rings. The second-order valence-electron chi connectivity index (χ2n) is 4.40. The monoisotopic (exact) mass is 301 g/mol. The molecule has 1 atom stereocenters. The molecular formula is C13H19NO5S. The minimum atomic E-state index is -1.13. The number of ether oxygens (including phenoxy) is 1. The van der Waals surface area contributed by atoms with Crippen LogP contribution in [0.5, 0.6) is 0 Å². The molecule has 1 fully saturated rings. The Kier molecular flexibility index (Phi) is 6.06. The molecule has 1 heterocycles. The summed E-state index contributed by atoms with van der Waals surface area (Å²) in [6.45, 7) is 5.23. The summed E-state index contributed by atoms with van der Waals surface area (Å²) < 4.78 is 4.97. The van der Waals surface area contributed by atoms with E-state index in [1.54, 1.807) is 18.7 Å². The van der Waals surface area contributed by atoms with Crippen LogP contribution >= 0.6 is 11.8 Å². The molecule has 1 amide bonds. The Morgan fingerprint density at radius 3 is 2.50 bits per heavy atom. The second-order valence-corrected chi connectivity index (χ2v) is 5.55. The van der Waals surface area contributed by atoms with Crippen molar-refractivity contribution in [1.29, 1.82) is 0 Å². The first-order chi connectivity index (χ1) is 9.40. The van der Waals surface area contributed by atoms with E-state index in [1.807, 2.05) is 0 Å². The maximum Gasteiger partial charge on any atom is 0.331 e. The van der Waals surface area contributed by atoms with Gasteiger partial charge in [-0.3, -0.25) is 4.79 Å². The number of carboxylic acid groups (broad SMARTS) is 1. The molecule has 0 aromatic rings. The molecule has 0 aromatic carbocycles. The van der Waals surface area contributed by atoms with Crippen LogP contribution in [0.1, 0.15) is 20.8 Å². The number of aliphatic carboxylic acids is 1. The fourth-order valence-corrected chi connectivity index (χ4v) is 2.85. The molecule has 0 radical (unpaired) electrons. The van der Waals surface area contributed by atoms with Crippen molar-refractivity contribution >= 4 is 29.6 Å². The molecule has 7 heteroatoms. The summed E-state index contributed by atoms with van der Waals surface area (Å²) in [4.78, 5) is 36.6. The first-order valence-electron chi connectivity index (χ1n) is 6.36. The van der Waals surface area contributed by atoms with Gasteiger partial charge >= 0.3 is 11.9 Å². The summed E-state index contributed by atoms with van der Waals surface area (Å²) in [6, 6.07) is -0.641. The maximum atomic E-state index is 12.4. The lowest BCUT2D eigenvalue weighted by atomic mass is 10.1. The number of esters is 1. The van der Waals surface area contributed by atoms with Crippen LogP contribution in [0.15, 0.2) is 11.1 Å². The number of carbonyl (C=O) groups excluding carboxylic acids is 2. The van der Waals surface area contributed by atoms with Crippen LogP contribution in [-0.2, 0) is 19.1 Å². The molecule has 1 saturated heterocycles. The Morgan fingerprint density at radius 1 is 1.30 bits per heavy atom. The lowest BCUT2D eigenvalue weighted by Gasteiger charge is -2.34. The highest BCUT2D eigenvalue weighted by molar-refractivity contribution is 7.99. The van der Waals surface area contributed by atoms with Gasteiger partial charge in [0.15, 0.2) is 0 Å². The zero-order valence-electron chi connectivity index (χ0n) is 11.8. The number of hydrogen-bond acceptors (Lipinski definition) is 5. The third-order valence-corrected chi connectivity index (χ3v) is 4.17. The first-order valence-corrected chi connectivity index (χ1v) is 7.51. The van der Waals surface area contributed by atoms with Crippen molar-refractivity contribution in [3.8, 4) is 0 Å². The highest BCUT2D eigenvalue weighted by Crippen LogP contribution is 2.20. The number of carbonyl (C=O) groups is 3. The topological polar surface area (TPSA) is 83.9 Å². The predicted octanol–water partition coefficient (Wildman–Crippen LogP) is 0.915. The Labute approximate surface area is 122 Å². The van der Waals surface area contributed by atoms with Crippen LogP contribution in [0.4, 0.5) is 0 Å². The van der Waals surface area contributed by atoms with Gasteiger partial charge in [0.2, 0.25) is 0 Å². The fraction of sp³-hybridized carbons (Fsp3) is 0.615. The highest BCUT2D eigenvalue weighted by atomic mass is 32.2. The third kappa shape index (κ3) is 3.75. The van der Waals surface area contributed by atoms with Crippen LogP contribution in [0.2, 0.25) is 0 Å². The third-order valence-electron chi connectivity index (χ3n) is 3.15. The Morgan fingerprint density at radius 2 is 1.95 bits per heavy atom. The van der Waals surface area contributed by atoms with Gasteiger partial charge in [-0.15, -0.1) is 0 Å². The number of thioether (sulfide) groups is 1. The molecule has 1 N–H and O–H groups in total. The van der Waals surface area contributed by atoms with Crippen LogP contribution < -0.4 is 0 Å². The number of rotatable bonds is 4. The normalized spacial score (nSPS) is 20.1. The van der Waals surface area contributed by atoms with Gasteiger partial charge in [-0.05, 0) is 20.8 Å². The van der Waals surface area contributed by atoms with Gasteiger partial charge < -0.3 is 14.7 Å². The fourth-order valence-electron chi connectivity index (χ4n) is 1.82. The number of nitrogens with zero attached hydrogens (tertiary/aromatic N) is 1. The number of carboxylic acids is 1. The highest BCUT2D eigenvalue weighted by Gasteiger charge is 2.34. The lowest BCUT2D eigenvalue weighted by Crippen LogP contribution is -2.51. The second kappa shape index (κ2) is 7.33. The van der Waals surface area contributed by atoms with Gasteiger partial charge in [0, 0.05) is 29.2 Å². The molecule has 0 aromatic heterocycles. The van der Waals surface area contributed by atoms with Crippen molar-refractivity contribution < 1.29 is 24.2 Å². The van der Waals surface area contributed by atoms with Gasteiger partial charge in [-0.2, -0.15) is 11.8 Å². The Hall–Kier alpha value is -1.50. The maximum absolute atomic E-state index is 12.4. The smallest absolute Gasteiger partial charge is 0.331 e. The Balaban J connectivity index is 2.96. The molecule has 0 bridgehead atoms. The van der Waals surface area contributed by atoms with Gasteiger partial charge in [-0.25, -0.2) is 9.59 Å². The van der Waals surface area contributed by atoms with Gasteiger partial charge in [0.1, 0.15) is 6.04 Å². The molecule has 1 rings (SSSR count). The molecule has 0 aliphatic carbocycles. The van der Waals surface area contributed by atoms with E-state index in [9.17, 15) is 14.4 Å². The average molecular weight is 301 g/mol. The summed E-state index contributed by atoms with van der Waals surface area (Å²) in [6.07, 6.45) is 0. The molecule has 1 unspecified atom stereocenters. The number of hydrogen-bond donors (Lipinski definition) is 1. The van der Waals surface area contributed by atoms with Crippen molar-refractivity contribution in [2.75, 3.05) is 24.7 Å². The standard InChI is InChI=1S/C13H19NO5S/c1-4-19-13(18)10-7-20-6-5-14(10)11(15)8(2)9(3)12(16)17/h10H,4-7H2,1-3H3,(H,16,17). The van der Waals surface area contributed by atoms with E-state index in [4.69, 9.17) is 9.84 Å². The zero-order valence-corrected chi connectivity index (χ0v) is 12.7. The van der Waals surface area contributed by atoms with E-state index in [0.29, 0.717) is 12.3 Å². The first kappa shape index (κ1) is 16.6. The van der Waals surface area contributed by atoms with E-state index in [1.165, 1.54) is 18.7 Å². The van der Waals surface area contributed by atoms with Crippen molar-refractivity contribution in [3.05, 3.63) is 11.1 Å². The molecular weight excluding hydrogens is 282 g/mol. The Bertz CT molecular complexity index is 446. The average Bonchev–Trinajstić information content (AvgIpc) is 2.45. The minimum Gasteiger partial charge on any atom is -0.478 e. The zero-order chi connectivity index (χ0) is 15.3. The van der Waals surface area contributed by atoms with Crippen molar-refractivity contribution in [2.24, 2.45) is 0 Å². The summed E-state index contributed by atoms with van der Waals surface area (Å²) in [5, 5.41) is 8.93. The van der Waals surface area contributed by atoms with E-state index < -0.39 is 23.9 Å². The predicted molar refractivity (Wildman–Crippen MR) is 75.5 cm³/mol. The molecule has 6 nitrogen and oxygen atoms in total. The van der Waals surface area contributed by atoms with Gasteiger partial charge in [0.05, 0.1) is 6.61 Å². The lowest BCUT2D eigenvalue weighted by molar-refractivity contribution is -0.152. The van der Waals surface area contributed by atoms with Gasteiger partial charge in [-0.1, -0.05) is 0 Å². The molecule has 1 aliphatic heterocycles. The molecule has 0 saturated carbocycles. The van der Waals surface area contributed by atoms with Gasteiger partial charge in [0.25, 0.3) is 5.91 Å². The van der Waals surface area contributed by atoms with E-state index >= 15 is 0 Å². The van der Waals surface area contributed by atoms with Crippen molar-refractivity contribution in [3.63, 3.8) is 0 Å².